The molecule has 0 radical (unpaired) electrons. The summed E-state index contributed by atoms with van der Waals surface area (Å²) >= 11 is 3.50. The molecule has 17 heavy (non-hydrogen) atoms. The summed E-state index contributed by atoms with van der Waals surface area (Å²) in [6, 6.07) is 6.20. The third-order valence-electron chi connectivity index (χ3n) is 2.77. The molecule has 0 N–H and O–H groups in total. The van der Waals surface area contributed by atoms with Gasteiger partial charge in [0, 0.05) is 16.6 Å². The van der Waals surface area contributed by atoms with Gasteiger partial charge in [-0.1, -0.05) is 12.1 Å². The van der Waals surface area contributed by atoms with Crippen LogP contribution >= 0.6 is 15.9 Å². The molecule has 1 amide bonds. The molecule has 1 rings (SSSR count). The van der Waals surface area contributed by atoms with Gasteiger partial charge in [-0.15, -0.1) is 0 Å². The number of carbonyl (C=O) groups is 1. The standard InChI is InChI=1S/C14H20BrNO/c1-9(2)16(10(3)4)14(17)12-8-6-7-11(5)13(12)15/h6-10H,1-5H3. The second-order valence-electron chi connectivity index (χ2n) is 4.84. The molecule has 0 aliphatic carbocycles. The summed E-state index contributed by atoms with van der Waals surface area (Å²) in [6.07, 6.45) is 0. The SMILES string of the molecule is Cc1cccc(C(=O)N(C(C)C)C(C)C)c1Br. The van der Waals surface area contributed by atoms with Gasteiger partial charge in [0.15, 0.2) is 0 Å². The van der Waals surface area contributed by atoms with Crippen molar-refractivity contribution in [1.29, 1.82) is 0 Å². The van der Waals surface area contributed by atoms with Crippen molar-refractivity contribution in [1.82, 2.24) is 4.90 Å². The third-order valence-corrected chi connectivity index (χ3v) is 3.82. The predicted octanol–water partition coefficient (Wildman–Crippen LogP) is 4.02. The number of halogens is 1. The van der Waals surface area contributed by atoms with Crippen LogP contribution in [0.5, 0.6) is 0 Å². The van der Waals surface area contributed by atoms with E-state index in [1.807, 2.05) is 57.7 Å². The Bertz CT molecular complexity index is 405. The Balaban J connectivity index is 3.15. The molecule has 0 heterocycles. The summed E-state index contributed by atoms with van der Waals surface area (Å²) < 4.78 is 0.899. The molecule has 0 saturated heterocycles. The van der Waals surface area contributed by atoms with Crippen LogP contribution < -0.4 is 0 Å². The van der Waals surface area contributed by atoms with Gasteiger partial charge in [0.2, 0.25) is 0 Å². The largest absolute Gasteiger partial charge is 0.334 e. The van der Waals surface area contributed by atoms with E-state index in [-0.39, 0.29) is 18.0 Å². The van der Waals surface area contributed by atoms with Crippen molar-refractivity contribution in [3.05, 3.63) is 33.8 Å². The van der Waals surface area contributed by atoms with Gasteiger partial charge in [-0.05, 0) is 62.2 Å². The molecule has 0 fully saturated rings. The van der Waals surface area contributed by atoms with Gasteiger partial charge in [-0.3, -0.25) is 4.79 Å². The quantitative estimate of drug-likeness (QED) is 0.825. The van der Waals surface area contributed by atoms with E-state index in [1.165, 1.54) is 0 Å². The van der Waals surface area contributed by atoms with Crippen LogP contribution in [0.15, 0.2) is 22.7 Å². The molecule has 0 unspecified atom stereocenters. The minimum absolute atomic E-state index is 0.0885. The zero-order valence-electron chi connectivity index (χ0n) is 11.1. The van der Waals surface area contributed by atoms with Crippen molar-refractivity contribution in [3.8, 4) is 0 Å². The van der Waals surface area contributed by atoms with Gasteiger partial charge in [0.25, 0.3) is 5.91 Å². The fourth-order valence-electron chi connectivity index (χ4n) is 2.02. The Morgan fingerprint density at radius 3 is 2.18 bits per heavy atom. The Kier molecular flexibility index (Phi) is 4.75. The van der Waals surface area contributed by atoms with Gasteiger partial charge < -0.3 is 4.90 Å². The number of hydrogen-bond acceptors (Lipinski definition) is 1. The van der Waals surface area contributed by atoms with Crippen LogP contribution in [0.3, 0.4) is 0 Å². The first-order valence-electron chi connectivity index (χ1n) is 5.94. The molecule has 1 aromatic carbocycles. The monoisotopic (exact) mass is 297 g/mol. The number of aryl methyl sites for hydroxylation is 1. The van der Waals surface area contributed by atoms with Crippen LogP contribution in [0.2, 0.25) is 0 Å². The molecule has 0 spiro atoms. The molecule has 0 bridgehead atoms. The average Bonchev–Trinajstić information content (AvgIpc) is 2.20. The molecular weight excluding hydrogens is 278 g/mol. The van der Waals surface area contributed by atoms with E-state index in [0.29, 0.717) is 0 Å². The highest BCUT2D eigenvalue weighted by atomic mass is 79.9. The highest BCUT2D eigenvalue weighted by molar-refractivity contribution is 9.10. The zero-order valence-corrected chi connectivity index (χ0v) is 12.7. The smallest absolute Gasteiger partial charge is 0.255 e. The first-order chi connectivity index (χ1) is 7.86. The number of rotatable bonds is 3. The fraction of sp³-hybridized carbons (Fsp3) is 0.500. The van der Waals surface area contributed by atoms with Crippen molar-refractivity contribution in [3.63, 3.8) is 0 Å². The lowest BCUT2D eigenvalue weighted by molar-refractivity contribution is 0.0642. The van der Waals surface area contributed by atoms with Crippen molar-refractivity contribution in [2.45, 2.75) is 46.7 Å². The molecule has 0 aromatic heterocycles. The lowest BCUT2D eigenvalue weighted by Crippen LogP contribution is -2.42. The summed E-state index contributed by atoms with van der Waals surface area (Å²) in [6.45, 7) is 10.2. The Hall–Kier alpha value is -0.830. The molecule has 2 nitrogen and oxygen atoms in total. The minimum Gasteiger partial charge on any atom is -0.334 e. The number of hydrogen-bond donors (Lipinski definition) is 0. The first kappa shape index (κ1) is 14.2. The van der Waals surface area contributed by atoms with E-state index in [0.717, 1.165) is 15.6 Å². The van der Waals surface area contributed by atoms with E-state index in [9.17, 15) is 4.79 Å². The first-order valence-corrected chi connectivity index (χ1v) is 6.73. The fourth-order valence-corrected chi connectivity index (χ4v) is 2.45. The highest BCUT2D eigenvalue weighted by Gasteiger charge is 2.23. The van der Waals surface area contributed by atoms with Crippen LogP contribution in [-0.2, 0) is 0 Å². The summed E-state index contributed by atoms with van der Waals surface area (Å²) in [5, 5.41) is 0. The van der Waals surface area contributed by atoms with Crippen molar-refractivity contribution < 1.29 is 4.79 Å². The number of amides is 1. The molecule has 0 aliphatic heterocycles. The van der Waals surface area contributed by atoms with Crippen LogP contribution in [0, 0.1) is 6.92 Å². The lowest BCUT2D eigenvalue weighted by atomic mass is 10.1. The predicted molar refractivity (Wildman–Crippen MR) is 75.3 cm³/mol. The lowest BCUT2D eigenvalue weighted by Gasteiger charge is -2.31. The summed E-state index contributed by atoms with van der Waals surface area (Å²) in [5.41, 5.74) is 1.83. The maximum Gasteiger partial charge on any atom is 0.255 e. The Labute approximate surface area is 112 Å². The van der Waals surface area contributed by atoms with Gasteiger partial charge >= 0.3 is 0 Å². The topological polar surface area (TPSA) is 20.3 Å². The molecular formula is C14H20BrNO. The van der Waals surface area contributed by atoms with Crippen LogP contribution in [-0.4, -0.2) is 22.9 Å². The second-order valence-corrected chi connectivity index (χ2v) is 5.63. The van der Waals surface area contributed by atoms with Crippen LogP contribution in [0.25, 0.3) is 0 Å². The van der Waals surface area contributed by atoms with E-state index in [2.05, 4.69) is 15.9 Å². The third kappa shape index (κ3) is 3.09. The minimum atomic E-state index is 0.0885. The van der Waals surface area contributed by atoms with Crippen LogP contribution in [0.4, 0.5) is 0 Å². The number of nitrogens with zero attached hydrogens (tertiary/aromatic N) is 1. The van der Waals surface area contributed by atoms with Crippen molar-refractivity contribution in [2.75, 3.05) is 0 Å². The van der Waals surface area contributed by atoms with Crippen LogP contribution in [0.1, 0.15) is 43.6 Å². The summed E-state index contributed by atoms with van der Waals surface area (Å²) in [5.74, 6) is 0.0885. The maximum absolute atomic E-state index is 12.5. The number of carbonyl (C=O) groups excluding carboxylic acids is 1. The van der Waals surface area contributed by atoms with Gasteiger partial charge in [0.05, 0.1) is 5.56 Å². The molecule has 0 saturated carbocycles. The second kappa shape index (κ2) is 5.67. The maximum atomic E-state index is 12.5. The average molecular weight is 298 g/mol. The molecule has 0 atom stereocenters. The van der Waals surface area contributed by atoms with E-state index >= 15 is 0 Å². The molecule has 0 aliphatic rings. The van der Waals surface area contributed by atoms with Crippen molar-refractivity contribution >= 4 is 21.8 Å². The Morgan fingerprint density at radius 1 is 1.18 bits per heavy atom. The molecule has 1 aromatic rings. The zero-order chi connectivity index (χ0) is 13.2. The molecule has 94 valence electrons. The summed E-state index contributed by atoms with van der Waals surface area (Å²) in [4.78, 5) is 14.4. The van der Waals surface area contributed by atoms with E-state index in [4.69, 9.17) is 0 Å². The number of benzene rings is 1. The Morgan fingerprint density at radius 2 is 1.71 bits per heavy atom. The van der Waals surface area contributed by atoms with Gasteiger partial charge in [0.1, 0.15) is 0 Å². The highest BCUT2D eigenvalue weighted by Crippen LogP contribution is 2.24. The van der Waals surface area contributed by atoms with Crippen molar-refractivity contribution in [2.24, 2.45) is 0 Å². The summed E-state index contributed by atoms with van der Waals surface area (Å²) in [7, 11) is 0. The normalized spacial score (nSPS) is 11.1. The van der Waals surface area contributed by atoms with Gasteiger partial charge in [-0.25, -0.2) is 0 Å². The molecule has 3 heteroatoms. The van der Waals surface area contributed by atoms with E-state index < -0.39 is 0 Å². The van der Waals surface area contributed by atoms with E-state index in [1.54, 1.807) is 0 Å². The van der Waals surface area contributed by atoms with Gasteiger partial charge in [-0.2, -0.15) is 0 Å².